The van der Waals surface area contributed by atoms with E-state index in [4.69, 9.17) is 5.53 Å². The van der Waals surface area contributed by atoms with E-state index in [-0.39, 0.29) is 11.6 Å². The van der Waals surface area contributed by atoms with Gasteiger partial charge in [-0.2, -0.15) is 4.79 Å². The second-order valence-electron chi connectivity index (χ2n) is 3.19. The van der Waals surface area contributed by atoms with Crippen LogP contribution >= 0.6 is 0 Å². The molecule has 0 aromatic rings. The van der Waals surface area contributed by atoms with E-state index in [9.17, 15) is 9.90 Å². The molecule has 0 amide bonds. The van der Waals surface area contributed by atoms with E-state index in [2.05, 4.69) is 4.79 Å². The average Bonchev–Trinajstić information content (AvgIpc) is 1.85. The second-order valence-corrected chi connectivity index (χ2v) is 3.19. The van der Waals surface area contributed by atoms with E-state index in [1.807, 2.05) is 13.8 Å². The maximum absolute atomic E-state index is 10.7. The standard InChI is InChI=1S/C8H14N2O2/c1-5(2)4-7(12)8(10-9)6(3)11/h5,7,12H,4H2,1-3H3. The molecule has 12 heavy (non-hydrogen) atoms. The molecule has 1 N–H and O–H groups in total. The molecule has 4 heteroatoms. The van der Waals surface area contributed by atoms with Crippen LogP contribution < -0.4 is 0 Å². The molecule has 0 aromatic carbocycles. The smallest absolute Gasteiger partial charge is 0.362 e. The third-order valence-electron chi connectivity index (χ3n) is 1.48. The molecule has 1 unspecified atom stereocenters. The Morgan fingerprint density at radius 3 is 2.33 bits per heavy atom. The predicted molar refractivity (Wildman–Crippen MR) is 44.8 cm³/mol. The van der Waals surface area contributed by atoms with Gasteiger partial charge in [0.2, 0.25) is 5.78 Å². The molecule has 0 heterocycles. The van der Waals surface area contributed by atoms with E-state index >= 15 is 0 Å². The highest BCUT2D eigenvalue weighted by Crippen LogP contribution is 2.05. The summed E-state index contributed by atoms with van der Waals surface area (Å²) in [6.45, 7) is 5.09. The highest BCUT2D eigenvalue weighted by Gasteiger charge is 2.26. The van der Waals surface area contributed by atoms with Gasteiger partial charge in [0.15, 0.2) is 6.10 Å². The molecular formula is C8H14N2O2. The summed E-state index contributed by atoms with van der Waals surface area (Å²) in [5.74, 6) is -0.137. The van der Waals surface area contributed by atoms with Crippen LogP contribution in [0.5, 0.6) is 0 Å². The molecule has 0 bridgehead atoms. The van der Waals surface area contributed by atoms with Crippen molar-refractivity contribution in [3.63, 3.8) is 0 Å². The minimum atomic E-state index is -0.951. The van der Waals surface area contributed by atoms with E-state index in [0.29, 0.717) is 6.42 Å². The first kappa shape index (κ1) is 11.0. The summed E-state index contributed by atoms with van der Waals surface area (Å²) in [7, 11) is 0. The third-order valence-corrected chi connectivity index (χ3v) is 1.48. The average molecular weight is 170 g/mol. The molecule has 0 spiro atoms. The monoisotopic (exact) mass is 170 g/mol. The number of hydrogen-bond donors (Lipinski definition) is 1. The fourth-order valence-corrected chi connectivity index (χ4v) is 0.930. The van der Waals surface area contributed by atoms with Crippen molar-refractivity contribution in [2.75, 3.05) is 0 Å². The number of aliphatic hydroxyl groups excluding tert-OH is 1. The van der Waals surface area contributed by atoms with Crippen molar-refractivity contribution in [2.24, 2.45) is 5.92 Å². The van der Waals surface area contributed by atoms with Crippen molar-refractivity contribution >= 4 is 11.5 Å². The zero-order valence-corrected chi connectivity index (χ0v) is 7.61. The topological polar surface area (TPSA) is 73.7 Å². The lowest BCUT2D eigenvalue weighted by atomic mass is 10.0. The summed E-state index contributed by atoms with van der Waals surface area (Å²) in [5, 5.41) is 9.34. The van der Waals surface area contributed by atoms with Gasteiger partial charge >= 0.3 is 5.71 Å². The van der Waals surface area contributed by atoms with Crippen molar-refractivity contribution in [3.05, 3.63) is 5.53 Å². The van der Waals surface area contributed by atoms with Gasteiger partial charge in [0.05, 0.1) is 0 Å². The lowest BCUT2D eigenvalue weighted by Gasteiger charge is -2.06. The van der Waals surface area contributed by atoms with Gasteiger partial charge in [-0.15, -0.1) is 0 Å². The lowest BCUT2D eigenvalue weighted by molar-refractivity contribution is -0.117. The first-order valence-electron chi connectivity index (χ1n) is 3.90. The van der Waals surface area contributed by atoms with Crippen LogP contribution in [-0.4, -0.2) is 27.5 Å². The maximum Gasteiger partial charge on any atom is 0.362 e. The van der Waals surface area contributed by atoms with Crippen molar-refractivity contribution in [1.29, 1.82) is 0 Å². The molecule has 0 radical (unpaired) electrons. The molecule has 68 valence electrons. The number of aliphatic hydroxyl groups is 1. The van der Waals surface area contributed by atoms with Crippen LogP contribution in [0.4, 0.5) is 0 Å². The normalized spacial score (nSPS) is 12.4. The largest absolute Gasteiger partial charge is 0.381 e. The number of ketones is 1. The van der Waals surface area contributed by atoms with Gasteiger partial charge in [-0.3, -0.25) is 4.79 Å². The quantitative estimate of drug-likeness (QED) is 0.382. The molecule has 0 aliphatic carbocycles. The first-order valence-corrected chi connectivity index (χ1v) is 3.90. The van der Waals surface area contributed by atoms with Crippen LogP contribution in [0.15, 0.2) is 0 Å². The molecule has 1 atom stereocenters. The summed E-state index contributed by atoms with van der Waals surface area (Å²) in [6.07, 6.45) is -0.522. The molecule has 0 aliphatic rings. The van der Waals surface area contributed by atoms with E-state index in [1.54, 1.807) is 0 Å². The van der Waals surface area contributed by atoms with Crippen LogP contribution in [0.1, 0.15) is 27.2 Å². The van der Waals surface area contributed by atoms with Crippen LogP contribution in [0.2, 0.25) is 0 Å². The van der Waals surface area contributed by atoms with Gasteiger partial charge < -0.3 is 10.6 Å². The van der Waals surface area contributed by atoms with Gasteiger partial charge in [0.1, 0.15) is 0 Å². The summed E-state index contributed by atoms with van der Waals surface area (Å²) in [5.41, 5.74) is 8.22. The Bertz CT molecular complexity index is 217. The molecule has 0 saturated carbocycles. The fraction of sp³-hybridized carbons (Fsp3) is 0.750. The SMILES string of the molecule is CC(=O)C(=[N+]=[N-])C(O)CC(C)C. The summed E-state index contributed by atoms with van der Waals surface area (Å²) < 4.78 is 0. The first-order chi connectivity index (χ1) is 5.49. The van der Waals surface area contributed by atoms with Crippen LogP contribution in [-0.2, 0) is 4.79 Å². The van der Waals surface area contributed by atoms with Crippen molar-refractivity contribution < 1.29 is 14.7 Å². The molecule has 0 rings (SSSR count). The fourth-order valence-electron chi connectivity index (χ4n) is 0.930. The summed E-state index contributed by atoms with van der Waals surface area (Å²) >= 11 is 0. The third kappa shape index (κ3) is 3.42. The number of carbonyl (C=O) groups is 1. The Morgan fingerprint density at radius 2 is 2.08 bits per heavy atom. The van der Waals surface area contributed by atoms with Crippen molar-refractivity contribution in [3.8, 4) is 0 Å². The summed E-state index contributed by atoms with van der Waals surface area (Å²) in [6, 6.07) is 0. The number of Topliss-reactive ketones (excluding diaryl/α,β-unsaturated/α-hetero) is 1. The van der Waals surface area contributed by atoms with E-state index < -0.39 is 11.9 Å². The highest BCUT2D eigenvalue weighted by atomic mass is 16.3. The summed E-state index contributed by atoms with van der Waals surface area (Å²) in [4.78, 5) is 13.5. The Labute approximate surface area is 71.8 Å². The van der Waals surface area contributed by atoms with Gasteiger partial charge in [0, 0.05) is 6.92 Å². The molecule has 0 fully saturated rings. The van der Waals surface area contributed by atoms with Gasteiger partial charge in [-0.25, -0.2) is 0 Å². The Kier molecular flexibility index (Phi) is 4.40. The Balaban J connectivity index is 4.35. The number of carbonyl (C=O) groups excluding carboxylic acids is 1. The maximum atomic E-state index is 10.7. The van der Waals surface area contributed by atoms with E-state index in [1.165, 1.54) is 6.92 Å². The van der Waals surface area contributed by atoms with Crippen LogP contribution in [0, 0.1) is 5.92 Å². The van der Waals surface area contributed by atoms with Crippen molar-refractivity contribution in [1.82, 2.24) is 0 Å². The lowest BCUT2D eigenvalue weighted by Crippen LogP contribution is -2.29. The number of nitrogens with zero attached hydrogens (tertiary/aromatic N) is 2. The Hall–Kier alpha value is -0.990. The predicted octanol–water partition coefficient (Wildman–Crippen LogP) is 0.653. The van der Waals surface area contributed by atoms with Gasteiger partial charge in [-0.1, -0.05) is 13.8 Å². The minimum absolute atomic E-state index is 0.163. The molecular weight excluding hydrogens is 156 g/mol. The molecule has 4 nitrogen and oxygen atoms in total. The van der Waals surface area contributed by atoms with Crippen molar-refractivity contribution in [2.45, 2.75) is 33.3 Å². The molecule has 0 saturated heterocycles. The van der Waals surface area contributed by atoms with E-state index in [0.717, 1.165) is 0 Å². The zero-order valence-electron chi connectivity index (χ0n) is 7.61. The van der Waals surface area contributed by atoms with Crippen LogP contribution in [0.25, 0.3) is 5.53 Å². The van der Waals surface area contributed by atoms with Crippen LogP contribution in [0.3, 0.4) is 0 Å². The second kappa shape index (κ2) is 4.80. The minimum Gasteiger partial charge on any atom is -0.381 e. The highest BCUT2D eigenvalue weighted by molar-refractivity contribution is 6.38. The van der Waals surface area contributed by atoms with Gasteiger partial charge in [-0.05, 0) is 12.3 Å². The molecule has 0 aromatic heterocycles. The number of rotatable bonds is 4. The molecule has 0 aliphatic heterocycles. The van der Waals surface area contributed by atoms with Gasteiger partial charge in [0.25, 0.3) is 0 Å². The number of hydrogen-bond acceptors (Lipinski definition) is 2. The zero-order chi connectivity index (χ0) is 9.72. The Morgan fingerprint density at radius 1 is 1.58 bits per heavy atom.